The van der Waals surface area contributed by atoms with Gasteiger partial charge in [-0.2, -0.15) is 0 Å². The van der Waals surface area contributed by atoms with E-state index < -0.39 is 42.6 Å². The van der Waals surface area contributed by atoms with Crippen molar-refractivity contribution in [1.29, 1.82) is 0 Å². The topological polar surface area (TPSA) is 118 Å². The van der Waals surface area contributed by atoms with Crippen LogP contribution in [0.25, 0.3) is 0 Å². The molecule has 0 atom stereocenters. The van der Waals surface area contributed by atoms with Crippen LogP contribution in [0.15, 0.2) is 35.2 Å². The third-order valence-electron chi connectivity index (χ3n) is 2.94. The molecule has 0 saturated carbocycles. The predicted molar refractivity (Wildman–Crippen MR) is 83.8 cm³/mol. The Balaban J connectivity index is 2.47. The Morgan fingerprint density at radius 3 is 2.30 bits per heavy atom. The number of nitro groups is 1. The molecule has 0 radical (unpaired) electrons. The Hall–Kier alpha value is -2.03. The number of hydrogen-bond donors (Lipinski definition) is 2. The lowest BCUT2D eigenvalue weighted by Gasteiger charge is -2.07. The van der Waals surface area contributed by atoms with Crippen molar-refractivity contribution in [2.24, 2.45) is 0 Å². The zero-order chi connectivity index (χ0) is 17.4. The predicted octanol–water partition coefficient (Wildman–Crippen LogP) is 3.29. The van der Waals surface area contributed by atoms with Crippen LogP contribution in [0.4, 0.5) is 5.69 Å². The van der Waals surface area contributed by atoms with Gasteiger partial charge < -0.3 is 10.2 Å². The van der Waals surface area contributed by atoms with Crippen molar-refractivity contribution >= 4 is 38.7 Å². The Bertz CT molecular complexity index is 898. The average Bonchev–Trinajstić information content (AvgIpc) is 2.45. The first kappa shape index (κ1) is 17.3. The van der Waals surface area contributed by atoms with Gasteiger partial charge >= 0.3 is 5.69 Å². The highest BCUT2D eigenvalue weighted by atomic mass is 35.5. The fourth-order valence-electron chi connectivity index (χ4n) is 1.83. The van der Waals surface area contributed by atoms with Crippen molar-refractivity contribution in [3.63, 3.8) is 0 Å². The molecule has 0 aliphatic rings. The van der Waals surface area contributed by atoms with Crippen LogP contribution < -0.4 is 0 Å². The maximum absolute atomic E-state index is 12.3. The van der Waals surface area contributed by atoms with Crippen molar-refractivity contribution in [3.05, 3.63) is 56.1 Å². The quantitative estimate of drug-likeness (QED) is 0.479. The Morgan fingerprint density at radius 2 is 1.74 bits per heavy atom. The van der Waals surface area contributed by atoms with Gasteiger partial charge in [-0.15, -0.1) is 0 Å². The molecule has 0 unspecified atom stereocenters. The highest BCUT2D eigenvalue weighted by molar-refractivity contribution is 7.90. The summed E-state index contributed by atoms with van der Waals surface area (Å²) in [7, 11) is -4.02. The second-order valence-corrected chi connectivity index (χ2v) is 7.38. The van der Waals surface area contributed by atoms with Gasteiger partial charge in [0.15, 0.2) is 15.6 Å². The van der Waals surface area contributed by atoms with E-state index in [2.05, 4.69) is 0 Å². The summed E-state index contributed by atoms with van der Waals surface area (Å²) in [4.78, 5) is 9.31. The van der Waals surface area contributed by atoms with Crippen molar-refractivity contribution in [2.75, 3.05) is 0 Å². The van der Waals surface area contributed by atoms with Gasteiger partial charge in [0.2, 0.25) is 5.75 Å². The maximum atomic E-state index is 12.3. The molecule has 0 amide bonds. The molecule has 2 aromatic rings. The molecule has 2 rings (SSSR count). The lowest BCUT2D eigenvalue weighted by Crippen LogP contribution is -2.06. The van der Waals surface area contributed by atoms with E-state index in [9.17, 15) is 28.7 Å². The fourth-order valence-corrected chi connectivity index (χ4v) is 3.52. The minimum atomic E-state index is -4.02. The molecule has 10 heteroatoms. The van der Waals surface area contributed by atoms with Crippen molar-refractivity contribution in [1.82, 2.24) is 0 Å². The minimum Gasteiger partial charge on any atom is -0.504 e. The molecule has 23 heavy (non-hydrogen) atoms. The Labute approximate surface area is 140 Å². The molecule has 0 aromatic heterocycles. The SMILES string of the molecule is O=[N+]([O-])c1cc(S(=O)(=O)Cc2ccc(Cl)c(Cl)c2)cc(O)c1O. The van der Waals surface area contributed by atoms with Crippen LogP contribution in [0.5, 0.6) is 11.5 Å². The van der Waals surface area contributed by atoms with E-state index in [0.717, 1.165) is 6.07 Å². The summed E-state index contributed by atoms with van der Waals surface area (Å²) in [6.07, 6.45) is 0. The van der Waals surface area contributed by atoms with Gasteiger partial charge in [-0.1, -0.05) is 29.3 Å². The molecule has 122 valence electrons. The van der Waals surface area contributed by atoms with Crippen LogP contribution in [0.3, 0.4) is 0 Å². The number of aromatic hydroxyl groups is 2. The summed E-state index contributed by atoms with van der Waals surface area (Å²) in [5.74, 6) is -2.40. The molecule has 0 saturated heterocycles. The van der Waals surface area contributed by atoms with Gasteiger partial charge in [0.25, 0.3) is 0 Å². The van der Waals surface area contributed by atoms with Gasteiger partial charge in [0.1, 0.15) is 0 Å². The summed E-state index contributed by atoms with van der Waals surface area (Å²) in [5.41, 5.74) is -0.590. The lowest BCUT2D eigenvalue weighted by atomic mass is 10.2. The number of nitro benzene ring substituents is 1. The van der Waals surface area contributed by atoms with Gasteiger partial charge in [-0.25, -0.2) is 8.42 Å². The van der Waals surface area contributed by atoms with Gasteiger partial charge in [-0.05, 0) is 17.7 Å². The number of phenolic OH excluding ortho intramolecular Hbond substituents is 2. The monoisotopic (exact) mass is 377 g/mol. The van der Waals surface area contributed by atoms with E-state index in [-0.39, 0.29) is 10.0 Å². The summed E-state index contributed by atoms with van der Waals surface area (Å²) < 4.78 is 24.7. The van der Waals surface area contributed by atoms with E-state index in [1.807, 2.05) is 0 Å². The first-order valence-electron chi connectivity index (χ1n) is 5.99. The van der Waals surface area contributed by atoms with Crippen molar-refractivity contribution in [3.8, 4) is 11.5 Å². The fraction of sp³-hybridized carbons (Fsp3) is 0.0769. The zero-order valence-corrected chi connectivity index (χ0v) is 13.6. The van der Waals surface area contributed by atoms with E-state index >= 15 is 0 Å². The second kappa shape index (κ2) is 6.23. The molecular formula is C13H9Cl2NO6S. The summed E-state index contributed by atoms with van der Waals surface area (Å²) in [6.45, 7) is 0. The summed E-state index contributed by atoms with van der Waals surface area (Å²) in [6, 6.07) is 5.65. The van der Waals surface area contributed by atoms with Crippen LogP contribution in [-0.2, 0) is 15.6 Å². The highest BCUT2D eigenvalue weighted by Gasteiger charge is 2.25. The Morgan fingerprint density at radius 1 is 1.09 bits per heavy atom. The van der Waals surface area contributed by atoms with E-state index in [4.69, 9.17) is 23.2 Å². The average molecular weight is 378 g/mol. The van der Waals surface area contributed by atoms with Crippen LogP contribution in [0.1, 0.15) is 5.56 Å². The van der Waals surface area contributed by atoms with E-state index in [1.54, 1.807) is 0 Å². The van der Waals surface area contributed by atoms with Crippen molar-refractivity contribution < 1.29 is 23.6 Å². The largest absolute Gasteiger partial charge is 0.504 e. The standard InChI is InChI=1S/C13H9Cl2NO6S/c14-9-2-1-7(3-10(9)15)6-23(21,22)8-4-11(16(19)20)13(18)12(17)5-8/h1-5,17-18H,6H2. The minimum absolute atomic E-state index is 0.166. The van der Waals surface area contributed by atoms with E-state index in [1.165, 1.54) is 18.2 Å². The second-order valence-electron chi connectivity index (χ2n) is 4.57. The van der Waals surface area contributed by atoms with Gasteiger partial charge in [0.05, 0.1) is 25.6 Å². The molecule has 0 heterocycles. The van der Waals surface area contributed by atoms with Gasteiger partial charge in [-0.3, -0.25) is 10.1 Å². The zero-order valence-electron chi connectivity index (χ0n) is 11.2. The molecular weight excluding hydrogens is 369 g/mol. The lowest BCUT2D eigenvalue weighted by molar-refractivity contribution is -0.386. The summed E-state index contributed by atoms with van der Waals surface area (Å²) >= 11 is 11.6. The molecule has 2 aromatic carbocycles. The molecule has 0 spiro atoms. The third kappa shape index (κ3) is 3.66. The molecule has 7 nitrogen and oxygen atoms in total. The van der Waals surface area contributed by atoms with Crippen molar-refractivity contribution in [2.45, 2.75) is 10.6 Å². The number of halogens is 2. The Kier molecular flexibility index (Phi) is 4.69. The first-order valence-corrected chi connectivity index (χ1v) is 8.39. The highest BCUT2D eigenvalue weighted by Crippen LogP contribution is 2.38. The maximum Gasteiger partial charge on any atom is 0.315 e. The number of sulfone groups is 1. The van der Waals surface area contributed by atoms with Gasteiger partial charge in [0, 0.05) is 12.1 Å². The van der Waals surface area contributed by atoms with Crippen LogP contribution in [-0.4, -0.2) is 23.6 Å². The molecule has 0 aliphatic heterocycles. The first-order chi connectivity index (χ1) is 10.6. The number of phenols is 2. The number of nitrogens with zero attached hydrogens (tertiary/aromatic N) is 1. The third-order valence-corrected chi connectivity index (χ3v) is 5.35. The smallest absolute Gasteiger partial charge is 0.315 e. The molecule has 0 fully saturated rings. The molecule has 0 bridgehead atoms. The molecule has 0 aliphatic carbocycles. The van der Waals surface area contributed by atoms with E-state index in [0.29, 0.717) is 11.6 Å². The number of hydrogen-bond acceptors (Lipinski definition) is 6. The van der Waals surface area contributed by atoms with Crippen LogP contribution in [0, 0.1) is 10.1 Å². The summed E-state index contributed by atoms with van der Waals surface area (Å²) in [5, 5.41) is 30.1. The number of benzene rings is 2. The number of rotatable bonds is 4. The molecule has 2 N–H and O–H groups in total. The van der Waals surface area contributed by atoms with Crippen LogP contribution >= 0.6 is 23.2 Å². The van der Waals surface area contributed by atoms with Crippen LogP contribution in [0.2, 0.25) is 10.0 Å². The normalized spacial score (nSPS) is 11.4.